The smallest absolute Gasteiger partial charge is 0.142 e. The molecule has 0 aliphatic rings. The van der Waals surface area contributed by atoms with Crippen LogP contribution in [0, 0.1) is 0 Å². The van der Waals surface area contributed by atoms with E-state index in [0.29, 0.717) is 11.4 Å². The molecule has 0 spiro atoms. The second-order valence-electron chi connectivity index (χ2n) is 6.57. The van der Waals surface area contributed by atoms with Crippen LogP contribution in [0.1, 0.15) is 0 Å². The average molecular weight is 401 g/mol. The number of fused-ring (bicyclic) bond motifs is 6. The van der Waals surface area contributed by atoms with Gasteiger partial charge in [0, 0.05) is 15.2 Å². The Bertz CT molecular complexity index is 1250. The van der Waals surface area contributed by atoms with Gasteiger partial charge in [-0.3, -0.25) is 0 Å². The number of aromatic nitrogens is 2. The van der Waals surface area contributed by atoms with Crippen LogP contribution in [0.2, 0.25) is 0 Å². The Morgan fingerprint density at radius 2 is 1.65 bits per heavy atom. The predicted octanol–water partition coefficient (Wildman–Crippen LogP) is 4.26. The molecule has 1 aromatic heterocycles. The van der Waals surface area contributed by atoms with Crippen LogP contribution in [-0.4, -0.2) is 22.9 Å². The van der Waals surface area contributed by atoms with E-state index in [9.17, 15) is 5.11 Å². The molecule has 124 valence electrons. The molecular formula is C21H14BBrN2O. The number of halogens is 1. The van der Waals surface area contributed by atoms with Crippen LogP contribution >= 0.6 is 15.9 Å². The summed E-state index contributed by atoms with van der Waals surface area (Å²) in [5.74, 6) is 0.894. The summed E-state index contributed by atoms with van der Waals surface area (Å²) in [6.07, 6.45) is 0. The Balaban J connectivity index is 1.99. The molecule has 0 atom stereocenters. The first-order chi connectivity index (χ1) is 12.6. The maximum atomic E-state index is 10.2. The van der Waals surface area contributed by atoms with Crippen molar-refractivity contribution in [3.63, 3.8) is 0 Å². The molecule has 0 bridgehead atoms. The molecule has 0 amide bonds. The van der Waals surface area contributed by atoms with E-state index >= 15 is 0 Å². The lowest BCUT2D eigenvalue weighted by molar-refractivity contribution is 0.477. The first kappa shape index (κ1) is 15.5. The number of H-pyrrole nitrogens is 1. The number of imidazole rings is 1. The van der Waals surface area contributed by atoms with E-state index in [1.165, 1.54) is 16.2 Å². The summed E-state index contributed by atoms with van der Waals surface area (Å²) in [5.41, 5.74) is 3.81. The van der Waals surface area contributed by atoms with Crippen molar-refractivity contribution < 1.29 is 5.11 Å². The fraction of sp³-hybridized carbons (Fsp3) is 0. The summed E-state index contributed by atoms with van der Waals surface area (Å²) in [6, 6.07) is 20.0. The van der Waals surface area contributed by atoms with Gasteiger partial charge in [0.15, 0.2) is 0 Å². The Morgan fingerprint density at radius 1 is 0.885 bits per heavy atom. The van der Waals surface area contributed by atoms with Gasteiger partial charge in [-0.05, 0) is 35.0 Å². The number of benzene rings is 4. The van der Waals surface area contributed by atoms with Crippen LogP contribution in [-0.2, 0) is 0 Å². The number of nitrogens with zero attached hydrogens (tertiary/aromatic N) is 1. The van der Waals surface area contributed by atoms with Crippen LogP contribution in [0.4, 0.5) is 0 Å². The van der Waals surface area contributed by atoms with E-state index in [4.69, 9.17) is 4.98 Å². The first-order valence-corrected chi connectivity index (χ1v) is 9.21. The highest BCUT2D eigenvalue weighted by atomic mass is 79.9. The van der Waals surface area contributed by atoms with Crippen molar-refractivity contribution >= 4 is 61.8 Å². The zero-order valence-corrected chi connectivity index (χ0v) is 15.6. The standard InChI is InChI=1S/C21H14BBrN2O/c22-11-5-7-13-14-8-6-12(23)10-17(14)20-19(16(13)9-11)24-21(25-20)15-3-1-2-4-18(15)26/h1-10,26H,22H2,(H,24,25). The minimum absolute atomic E-state index is 0.220. The van der Waals surface area contributed by atoms with Crippen molar-refractivity contribution in [2.75, 3.05) is 0 Å². The lowest BCUT2D eigenvalue weighted by Gasteiger charge is -2.07. The highest BCUT2D eigenvalue weighted by Crippen LogP contribution is 2.37. The third kappa shape index (κ3) is 2.24. The van der Waals surface area contributed by atoms with Gasteiger partial charge in [-0.25, -0.2) is 4.98 Å². The highest BCUT2D eigenvalue weighted by molar-refractivity contribution is 9.10. The van der Waals surface area contributed by atoms with Crippen molar-refractivity contribution in [3.8, 4) is 17.1 Å². The van der Waals surface area contributed by atoms with Crippen LogP contribution in [0.15, 0.2) is 65.1 Å². The number of hydrogen-bond donors (Lipinski definition) is 2. The van der Waals surface area contributed by atoms with Gasteiger partial charge in [-0.1, -0.05) is 57.8 Å². The monoisotopic (exact) mass is 400 g/mol. The molecule has 0 aliphatic heterocycles. The summed E-state index contributed by atoms with van der Waals surface area (Å²) in [4.78, 5) is 8.30. The van der Waals surface area contributed by atoms with E-state index in [0.717, 1.165) is 26.3 Å². The molecule has 5 aromatic rings. The van der Waals surface area contributed by atoms with Crippen LogP contribution in [0.5, 0.6) is 5.75 Å². The minimum atomic E-state index is 0.220. The molecule has 0 radical (unpaired) electrons. The summed E-state index contributed by atoms with van der Waals surface area (Å²) in [6.45, 7) is 0. The normalized spacial score (nSPS) is 11.6. The van der Waals surface area contributed by atoms with Crippen molar-refractivity contribution in [3.05, 3.63) is 65.1 Å². The third-order valence-corrected chi connectivity index (χ3v) is 5.33. The van der Waals surface area contributed by atoms with E-state index in [-0.39, 0.29) is 5.75 Å². The van der Waals surface area contributed by atoms with Crippen molar-refractivity contribution in [2.45, 2.75) is 0 Å². The lowest BCUT2D eigenvalue weighted by atomic mass is 9.91. The topological polar surface area (TPSA) is 48.9 Å². The van der Waals surface area contributed by atoms with Gasteiger partial charge in [-0.15, -0.1) is 0 Å². The number of phenols is 1. The maximum absolute atomic E-state index is 10.2. The van der Waals surface area contributed by atoms with Gasteiger partial charge in [0.1, 0.15) is 19.4 Å². The second kappa shape index (κ2) is 5.61. The molecule has 0 saturated carbocycles. The molecule has 5 rings (SSSR count). The van der Waals surface area contributed by atoms with E-state index in [1.807, 2.05) is 18.2 Å². The molecule has 26 heavy (non-hydrogen) atoms. The lowest BCUT2D eigenvalue weighted by Crippen LogP contribution is -2.00. The van der Waals surface area contributed by atoms with Gasteiger partial charge in [-0.2, -0.15) is 0 Å². The fourth-order valence-electron chi connectivity index (χ4n) is 3.61. The summed E-state index contributed by atoms with van der Waals surface area (Å²) in [7, 11) is 2.09. The predicted molar refractivity (Wildman–Crippen MR) is 114 cm³/mol. The van der Waals surface area contributed by atoms with Crippen LogP contribution in [0.3, 0.4) is 0 Å². The largest absolute Gasteiger partial charge is 0.507 e. The van der Waals surface area contributed by atoms with E-state index in [1.54, 1.807) is 6.07 Å². The van der Waals surface area contributed by atoms with Gasteiger partial charge < -0.3 is 10.1 Å². The molecule has 5 heteroatoms. The quantitative estimate of drug-likeness (QED) is 0.326. The summed E-state index contributed by atoms with van der Waals surface area (Å²) in [5, 5.41) is 14.8. The molecule has 0 unspecified atom stereocenters. The maximum Gasteiger partial charge on any atom is 0.142 e. The Hall–Kier alpha value is -2.79. The average Bonchev–Trinajstić information content (AvgIpc) is 3.08. The van der Waals surface area contributed by atoms with Crippen molar-refractivity contribution in [2.24, 2.45) is 0 Å². The summed E-state index contributed by atoms with van der Waals surface area (Å²) >= 11 is 3.58. The molecular weight excluding hydrogens is 387 g/mol. The van der Waals surface area contributed by atoms with E-state index < -0.39 is 0 Å². The molecule has 1 heterocycles. The number of nitrogens with one attached hydrogen (secondary N) is 1. The van der Waals surface area contributed by atoms with Crippen LogP contribution in [0.25, 0.3) is 44.0 Å². The zero-order valence-electron chi connectivity index (χ0n) is 14.0. The van der Waals surface area contributed by atoms with Gasteiger partial charge in [0.05, 0.1) is 16.6 Å². The van der Waals surface area contributed by atoms with Crippen molar-refractivity contribution in [1.29, 1.82) is 0 Å². The number of para-hydroxylation sites is 1. The van der Waals surface area contributed by atoms with Gasteiger partial charge >= 0.3 is 0 Å². The number of rotatable bonds is 1. The first-order valence-electron chi connectivity index (χ1n) is 8.41. The number of hydrogen-bond acceptors (Lipinski definition) is 2. The molecule has 2 N–H and O–H groups in total. The third-order valence-electron chi connectivity index (χ3n) is 4.83. The van der Waals surface area contributed by atoms with Gasteiger partial charge in [0.25, 0.3) is 0 Å². The van der Waals surface area contributed by atoms with Crippen LogP contribution < -0.4 is 5.46 Å². The highest BCUT2D eigenvalue weighted by Gasteiger charge is 2.15. The zero-order chi connectivity index (χ0) is 17.8. The fourth-order valence-corrected chi connectivity index (χ4v) is 3.97. The molecule has 0 saturated heterocycles. The molecule has 0 aliphatic carbocycles. The molecule has 3 nitrogen and oxygen atoms in total. The Labute approximate surface area is 159 Å². The number of phenolic OH excluding ortho intramolecular Hbond substituents is 1. The minimum Gasteiger partial charge on any atom is -0.507 e. The van der Waals surface area contributed by atoms with E-state index in [2.05, 4.69) is 65.2 Å². The second-order valence-corrected chi connectivity index (χ2v) is 7.48. The number of aromatic hydroxyl groups is 1. The summed E-state index contributed by atoms with van der Waals surface area (Å²) < 4.78 is 1.02. The van der Waals surface area contributed by atoms with Crippen molar-refractivity contribution in [1.82, 2.24) is 9.97 Å². The number of aromatic amines is 1. The van der Waals surface area contributed by atoms with Gasteiger partial charge in [0.2, 0.25) is 0 Å². The molecule has 4 aromatic carbocycles. The SMILES string of the molecule is Bc1ccc2c3ccc(Br)cc3c3[nH]c(-c4ccccc4O)nc3c2c1. The molecule has 0 fully saturated rings. The Morgan fingerprint density at radius 3 is 2.50 bits per heavy atom. The Kier molecular flexibility index (Phi) is 3.34.